The SMILES string of the molecule is CN1C(N=Nc2ccccc2)=C(c2ccccc2)Sc2ccccc21. The number of para-hydroxylation sites is 1. The van der Waals surface area contributed by atoms with Crippen LogP contribution >= 0.6 is 11.8 Å². The molecule has 0 radical (unpaired) electrons. The van der Waals surface area contributed by atoms with Crippen molar-refractivity contribution in [3.63, 3.8) is 0 Å². The third kappa shape index (κ3) is 3.21. The van der Waals surface area contributed by atoms with Crippen LogP contribution in [0.3, 0.4) is 0 Å². The van der Waals surface area contributed by atoms with Crippen LogP contribution in [0.4, 0.5) is 11.4 Å². The summed E-state index contributed by atoms with van der Waals surface area (Å²) in [6, 6.07) is 28.6. The standard InChI is InChI=1S/C21H17N3S/c1-24-18-14-8-9-15-19(18)25-20(16-10-4-2-5-11-16)21(24)23-22-17-12-6-3-7-13-17/h2-15H,1H3. The van der Waals surface area contributed by atoms with E-state index in [0.29, 0.717) is 0 Å². The molecule has 0 aromatic heterocycles. The van der Waals surface area contributed by atoms with Crippen LogP contribution in [0.5, 0.6) is 0 Å². The largest absolute Gasteiger partial charge is 0.326 e. The minimum Gasteiger partial charge on any atom is -0.326 e. The Bertz CT molecular complexity index is 934. The number of anilines is 1. The van der Waals surface area contributed by atoms with Gasteiger partial charge in [-0.1, -0.05) is 72.4 Å². The molecule has 0 unspecified atom stereocenters. The first kappa shape index (κ1) is 15.7. The lowest BCUT2D eigenvalue weighted by Crippen LogP contribution is -2.19. The van der Waals surface area contributed by atoms with Crippen LogP contribution in [0.1, 0.15) is 5.56 Å². The Morgan fingerprint density at radius 2 is 1.36 bits per heavy atom. The van der Waals surface area contributed by atoms with E-state index in [2.05, 4.69) is 63.7 Å². The molecular formula is C21H17N3S. The monoisotopic (exact) mass is 343 g/mol. The van der Waals surface area contributed by atoms with Crippen molar-refractivity contribution in [3.05, 3.63) is 96.3 Å². The first-order chi connectivity index (χ1) is 12.3. The number of azo groups is 1. The Kier molecular flexibility index (Phi) is 4.36. The Balaban J connectivity index is 1.82. The number of benzene rings is 3. The van der Waals surface area contributed by atoms with Crippen molar-refractivity contribution in [3.8, 4) is 0 Å². The lowest BCUT2D eigenvalue weighted by molar-refractivity contribution is 0.990. The summed E-state index contributed by atoms with van der Waals surface area (Å²) in [7, 11) is 2.04. The Labute approximate surface area is 151 Å². The zero-order chi connectivity index (χ0) is 17.1. The van der Waals surface area contributed by atoms with Crippen molar-refractivity contribution < 1.29 is 0 Å². The van der Waals surface area contributed by atoms with Gasteiger partial charge in [0.25, 0.3) is 0 Å². The molecule has 0 saturated heterocycles. The van der Waals surface area contributed by atoms with Crippen LogP contribution in [0.25, 0.3) is 4.91 Å². The van der Waals surface area contributed by atoms with Crippen LogP contribution in [0.2, 0.25) is 0 Å². The maximum Gasteiger partial charge on any atom is 0.170 e. The third-order valence-electron chi connectivity index (χ3n) is 4.01. The fourth-order valence-corrected chi connectivity index (χ4v) is 3.93. The predicted molar refractivity (Wildman–Crippen MR) is 105 cm³/mol. The molecule has 0 saturated carbocycles. The highest BCUT2D eigenvalue weighted by Crippen LogP contribution is 2.47. The zero-order valence-electron chi connectivity index (χ0n) is 13.8. The van der Waals surface area contributed by atoms with E-state index >= 15 is 0 Å². The van der Waals surface area contributed by atoms with Gasteiger partial charge >= 0.3 is 0 Å². The van der Waals surface area contributed by atoms with Gasteiger partial charge in [0.1, 0.15) is 0 Å². The van der Waals surface area contributed by atoms with Gasteiger partial charge in [-0.3, -0.25) is 0 Å². The topological polar surface area (TPSA) is 28.0 Å². The summed E-state index contributed by atoms with van der Waals surface area (Å²) in [5.74, 6) is 0.860. The summed E-state index contributed by atoms with van der Waals surface area (Å²) in [4.78, 5) is 4.45. The molecule has 25 heavy (non-hydrogen) atoms. The van der Waals surface area contributed by atoms with Gasteiger partial charge in [-0.2, -0.15) is 0 Å². The second-order valence-electron chi connectivity index (χ2n) is 5.68. The van der Waals surface area contributed by atoms with Crippen molar-refractivity contribution in [2.24, 2.45) is 10.2 Å². The van der Waals surface area contributed by atoms with E-state index in [1.165, 1.54) is 4.90 Å². The molecule has 3 aromatic carbocycles. The van der Waals surface area contributed by atoms with Crippen molar-refractivity contribution in [2.45, 2.75) is 4.90 Å². The van der Waals surface area contributed by atoms with E-state index in [9.17, 15) is 0 Å². The molecule has 0 amide bonds. The highest BCUT2D eigenvalue weighted by molar-refractivity contribution is 8.08. The fraction of sp³-hybridized carbons (Fsp3) is 0.0476. The third-order valence-corrected chi connectivity index (χ3v) is 5.20. The molecule has 3 nitrogen and oxygen atoms in total. The molecule has 0 N–H and O–H groups in total. The van der Waals surface area contributed by atoms with Gasteiger partial charge in [0.05, 0.1) is 16.3 Å². The lowest BCUT2D eigenvalue weighted by Gasteiger charge is -2.29. The quantitative estimate of drug-likeness (QED) is 0.519. The van der Waals surface area contributed by atoms with Crippen LogP contribution in [-0.2, 0) is 0 Å². The highest BCUT2D eigenvalue weighted by Gasteiger charge is 2.24. The molecule has 4 rings (SSSR count). The molecule has 0 atom stereocenters. The van der Waals surface area contributed by atoms with E-state index in [0.717, 1.165) is 27.7 Å². The molecule has 0 spiro atoms. The number of hydrogen-bond acceptors (Lipinski definition) is 4. The van der Waals surface area contributed by atoms with Crippen molar-refractivity contribution >= 4 is 28.0 Å². The van der Waals surface area contributed by atoms with Gasteiger partial charge in [0.15, 0.2) is 5.82 Å². The van der Waals surface area contributed by atoms with Crippen LogP contribution in [0, 0.1) is 0 Å². The number of fused-ring (bicyclic) bond motifs is 1. The second kappa shape index (κ2) is 6.95. The number of rotatable bonds is 3. The molecule has 1 aliphatic heterocycles. The predicted octanol–water partition coefficient (Wildman–Crippen LogP) is 6.34. The minimum absolute atomic E-state index is 0.847. The molecule has 1 heterocycles. The minimum atomic E-state index is 0.847. The molecule has 0 fully saturated rings. The molecule has 122 valence electrons. The van der Waals surface area contributed by atoms with Crippen LogP contribution < -0.4 is 4.90 Å². The summed E-state index contributed by atoms with van der Waals surface area (Å²) >= 11 is 1.74. The number of hydrogen-bond donors (Lipinski definition) is 0. The zero-order valence-corrected chi connectivity index (χ0v) is 14.6. The van der Waals surface area contributed by atoms with E-state index in [4.69, 9.17) is 0 Å². The molecule has 0 bridgehead atoms. The van der Waals surface area contributed by atoms with Crippen molar-refractivity contribution in [1.82, 2.24) is 0 Å². The first-order valence-electron chi connectivity index (χ1n) is 8.10. The Hall–Kier alpha value is -2.85. The van der Waals surface area contributed by atoms with Gasteiger partial charge in [-0.05, 0) is 29.8 Å². The molecule has 3 aromatic rings. The molecule has 0 aliphatic carbocycles. The smallest absolute Gasteiger partial charge is 0.170 e. The molecule has 1 aliphatic rings. The average Bonchev–Trinajstić information content (AvgIpc) is 2.69. The number of nitrogens with zero attached hydrogens (tertiary/aromatic N) is 3. The summed E-state index contributed by atoms with van der Waals surface area (Å²) in [5, 5.41) is 9.04. The van der Waals surface area contributed by atoms with E-state index in [-0.39, 0.29) is 0 Å². The summed E-state index contributed by atoms with van der Waals surface area (Å²) in [6.45, 7) is 0. The highest BCUT2D eigenvalue weighted by atomic mass is 32.2. The molecular weight excluding hydrogens is 326 g/mol. The molecule has 4 heteroatoms. The normalized spacial score (nSPS) is 14.0. The van der Waals surface area contributed by atoms with Crippen LogP contribution in [0.15, 0.2) is 106 Å². The van der Waals surface area contributed by atoms with Gasteiger partial charge in [0, 0.05) is 11.9 Å². The Morgan fingerprint density at radius 1 is 0.720 bits per heavy atom. The maximum atomic E-state index is 4.60. The summed E-state index contributed by atoms with van der Waals surface area (Å²) in [6.07, 6.45) is 0. The van der Waals surface area contributed by atoms with E-state index in [1.807, 2.05) is 43.4 Å². The van der Waals surface area contributed by atoms with Crippen molar-refractivity contribution in [1.29, 1.82) is 0 Å². The van der Waals surface area contributed by atoms with Gasteiger partial charge < -0.3 is 4.90 Å². The Morgan fingerprint density at radius 3 is 2.12 bits per heavy atom. The summed E-state index contributed by atoms with van der Waals surface area (Å²) in [5.41, 5.74) is 3.14. The van der Waals surface area contributed by atoms with Gasteiger partial charge in [-0.15, -0.1) is 10.2 Å². The summed E-state index contributed by atoms with van der Waals surface area (Å²) < 4.78 is 0. The van der Waals surface area contributed by atoms with E-state index < -0.39 is 0 Å². The number of thioether (sulfide) groups is 1. The van der Waals surface area contributed by atoms with E-state index in [1.54, 1.807) is 11.8 Å². The fourth-order valence-electron chi connectivity index (χ4n) is 2.73. The second-order valence-corrected chi connectivity index (χ2v) is 6.74. The lowest BCUT2D eigenvalue weighted by atomic mass is 10.2. The first-order valence-corrected chi connectivity index (χ1v) is 8.92. The average molecular weight is 343 g/mol. The van der Waals surface area contributed by atoms with Crippen molar-refractivity contribution in [2.75, 3.05) is 11.9 Å². The van der Waals surface area contributed by atoms with Gasteiger partial charge in [0.2, 0.25) is 0 Å². The maximum absolute atomic E-state index is 4.60. The van der Waals surface area contributed by atoms with Crippen LogP contribution in [-0.4, -0.2) is 7.05 Å². The van der Waals surface area contributed by atoms with Gasteiger partial charge in [-0.25, -0.2) is 0 Å².